The van der Waals surface area contributed by atoms with Crippen LogP contribution in [-0.4, -0.2) is 10.9 Å². The molecule has 1 aliphatic rings. The fourth-order valence-corrected chi connectivity index (χ4v) is 3.81. The predicted octanol–water partition coefficient (Wildman–Crippen LogP) is 6.25. The smallest absolute Gasteiger partial charge is 0.228 e. The van der Waals surface area contributed by atoms with Gasteiger partial charge in [0.15, 0.2) is 5.76 Å². The molecule has 0 unspecified atom stereocenters. The van der Waals surface area contributed by atoms with E-state index in [-0.39, 0.29) is 17.3 Å². The van der Waals surface area contributed by atoms with Gasteiger partial charge in [0.1, 0.15) is 17.1 Å². The molecule has 5 heteroatoms. The van der Waals surface area contributed by atoms with Crippen LogP contribution in [0.1, 0.15) is 21.7 Å². The molecule has 0 saturated carbocycles. The van der Waals surface area contributed by atoms with Crippen molar-refractivity contribution in [3.05, 3.63) is 94.4 Å². The Morgan fingerprint density at radius 2 is 1.76 bits per heavy atom. The number of phenolic OH excluding ortho intramolecular Hbond substituents is 1. The molecule has 0 bridgehead atoms. The first-order chi connectivity index (χ1) is 14.1. The highest BCUT2D eigenvalue weighted by Gasteiger charge is 2.25. The van der Waals surface area contributed by atoms with E-state index in [0.717, 1.165) is 33.2 Å². The standard InChI is InChI=1S/C24H15BrO4/c25-17-7-3-15(4-8-17)23(27)24-22(14-5-9-18(26)10-6-14)19-12-16-2-1-11-28-20(16)13-21(19)29-24/h1,3-13,26H,2H2. The van der Waals surface area contributed by atoms with E-state index in [1.54, 1.807) is 42.7 Å². The van der Waals surface area contributed by atoms with Gasteiger partial charge in [-0.1, -0.05) is 28.1 Å². The van der Waals surface area contributed by atoms with Gasteiger partial charge in [-0.2, -0.15) is 0 Å². The van der Waals surface area contributed by atoms with Gasteiger partial charge in [0, 0.05) is 27.1 Å². The number of phenols is 1. The first-order valence-corrected chi connectivity index (χ1v) is 9.90. The van der Waals surface area contributed by atoms with E-state index >= 15 is 0 Å². The summed E-state index contributed by atoms with van der Waals surface area (Å²) in [6.07, 6.45) is 4.36. The van der Waals surface area contributed by atoms with Crippen LogP contribution in [-0.2, 0) is 6.42 Å². The molecule has 3 aromatic carbocycles. The number of benzene rings is 3. The van der Waals surface area contributed by atoms with Gasteiger partial charge >= 0.3 is 0 Å². The lowest BCUT2D eigenvalue weighted by Gasteiger charge is -2.11. The molecule has 2 heterocycles. The normalized spacial score (nSPS) is 12.6. The zero-order chi connectivity index (χ0) is 20.0. The number of carbonyl (C=O) groups excluding carboxylic acids is 1. The molecule has 4 nitrogen and oxygen atoms in total. The molecule has 1 N–H and O–H groups in total. The van der Waals surface area contributed by atoms with E-state index in [0.29, 0.717) is 16.7 Å². The highest BCUT2D eigenvalue weighted by atomic mass is 79.9. The number of ether oxygens (including phenoxy) is 1. The molecular weight excluding hydrogens is 432 g/mol. The lowest BCUT2D eigenvalue weighted by atomic mass is 9.96. The quantitative estimate of drug-likeness (QED) is 0.378. The van der Waals surface area contributed by atoms with Crippen LogP contribution >= 0.6 is 15.9 Å². The second-order valence-corrected chi connectivity index (χ2v) is 7.75. The van der Waals surface area contributed by atoms with Crippen LogP contribution in [0.2, 0.25) is 0 Å². The van der Waals surface area contributed by atoms with Crippen molar-refractivity contribution in [1.82, 2.24) is 0 Å². The van der Waals surface area contributed by atoms with Gasteiger partial charge in [0.05, 0.1) is 6.26 Å². The second-order valence-electron chi connectivity index (χ2n) is 6.84. The Kier molecular flexibility index (Phi) is 4.25. The minimum Gasteiger partial charge on any atom is -0.508 e. The molecule has 0 radical (unpaired) electrons. The first kappa shape index (κ1) is 17.8. The molecule has 5 rings (SSSR count). The number of rotatable bonds is 3. The van der Waals surface area contributed by atoms with Crippen molar-refractivity contribution in [1.29, 1.82) is 0 Å². The molecule has 0 atom stereocenters. The lowest BCUT2D eigenvalue weighted by Crippen LogP contribution is -2.01. The van der Waals surface area contributed by atoms with Crippen molar-refractivity contribution in [3.8, 4) is 22.6 Å². The van der Waals surface area contributed by atoms with Gasteiger partial charge in [-0.3, -0.25) is 4.79 Å². The Bertz CT molecular complexity index is 1270. The summed E-state index contributed by atoms with van der Waals surface area (Å²) in [6.45, 7) is 0. The molecule has 1 aliphatic heterocycles. The van der Waals surface area contributed by atoms with Gasteiger partial charge < -0.3 is 14.3 Å². The van der Waals surface area contributed by atoms with Gasteiger partial charge in [-0.05, 0) is 66.1 Å². The number of carbonyl (C=O) groups is 1. The molecule has 0 spiro atoms. The molecule has 1 aromatic heterocycles. The van der Waals surface area contributed by atoms with Crippen molar-refractivity contribution in [2.75, 3.05) is 0 Å². The van der Waals surface area contributed by atoms with Crippen molar-refractivity contribution < 1.29 is 19.1 Å². The van der Waals surface area contributed by atoms with Crippen LogP contribution in [0, 0.1) is 0 Å². The summed E-state index contributed by atoms with van der Waals surface area (Å²) < 4.78 is 12.6. The number of hydrogen-bond acceptors (Lipinski definition) is 4. The van der Waals surface area contributed by atoms with E-state index in [4.69, 9.17) is 9.15 Å². The summed E-state index contributed by atoms with van der Waals surface area (Å²) in [4.78, 5) is 13.3. The molecule has 142 valence electrons. The minimum absolute atomic E-state index is 0.165. The SMILES string of the molecule is O=C(c1ccc(Br)cc1)c1oc2cc3c(cc2c1-c1ccc(O)cc1)CC=CO3. The average molecular weight is 447 g/mol. The van der Waals surface area contributed by atoms with Crippen LogP contribution in [0.4, 0.5) is 0 Å². The third-order valence-electron chi connectivity index (χ3n) is 4.97. The maximum Gasteiger partial charge on any atom is 0.228 e. The number of fused-ring (bicyclic) bond motifs is 2. The van der Waals surface area contributed by atoms with E-state index in [9.17, 15) is 9.90 Å². The van der Waals surface area contributed by atoms with E-state index < -0.39 is 0 Å². The highest BCUT2D eigenvalue weighted by Crippen LogP contribution is 2.40. The number of halogens is 1. The summed E-state index contributed by atoms with van der Waals surface area (Å²) in [6, 6.07) is 17.8. The zero-order valence-corrected chi connectivity index (χ0v) is 16.8. The van der Waals surface area contributed by atoms with Crippen molar-refractivity contribution in [2.24, 2.45) is 0 Å². The fraction of sp³-hybridized carbons (Fsp3) is 0.0417. The second kappa shape index (κ2) is 6.94. The van der Waals surface area contributed by atoms with E-state index in [2.05, 4.69) is 15.9 Å². The zero-order valence-electron chi connectivity index (χ0n) is 15.2. The van der Waals surface area contributed by atoms with Crippen molar-refractivity contribution >= 4 is 32.7 Å². The Hall–Kier alpha value is -3.31. The van der Waals surface area contributed by atoms with Crippen LogP contribution < -0.4 is 4.74 Å². The Balaban J connectivity index is 1.75. The van der Waals surface area contributed by atoms with Crippen LogP contribution in [0.15, 0.2) is 81.9 Å². The molecule has 4 aromatic rings. The summed E-state index contributed by atoms with van der Waals surface area (Å²) in [5.41, 5.74) is 3.67. The summed E-state index contributed by atoms with van der Waals surface area (Å²) in [5, 5.41) is 10.5. The molecule has 0 fully saturated rings. The average Bonchev–Trinajstić information content (AvgIpc) is 3.11. The van der Waals surface area contributed by atoms with Gasteiger partial charge in [-0.15, -0.1) is 0 Å². The largest absolute Gasteiger partial charge is 0.508 e. The highest BCUT2D eigenvalue weighted by molar-refractivity contribution is 9.10. The first-order valence-electron chi connectivity index (χ1n) is 9.11. The molecule has 0 saturated heterocycles. The fourth-order valence-electron chi connectivity index (χ4n) is 3.54. The van der Waals surface area contributed by atoms with Crippen molar-refractivity contribution in [3.63, 3.8) is 0 Å². The Morgan fingerprint density at radius 1 is 1.00 bits per heavy atom. The molecule has 29 heavy (non-hydrogen) atoms. The van der Waals surface area contributed by atoms with Gasteiger partial charge in [0.2, 0.25) is 5.78 Å². The Labute approximate surface area is 175 Å². The molecular formula is C24H15BrO4. The summed E-state index contributed by atoms with van der Waals surface area (Å²) in [5.74, 6) is 0.962. The third kappa shape index (κ3) is 3.13. The molecule has 0 amide bonds. The predicted molar refractivity (Wildman–Crippen MR) is 114 cm³/mol. The lowest BCUT2D eigenvalue weighted by molar-refractivity contribution is 0.101. The summed E-state index contributed by atoms with van der Waals surface area (Å²) in [7, 11) is 0. The summed E-state index contributed by atoms with van der Waals surface area (Å²) >= 11 is 3.40. The van der Waals surface area contributed by atoms with E-state index in [1.165, 1.54) is 0 Å². The van der Waals surface area contributed by atoms with Crippen molar-refractivity contribution in [2.45, 2.75) is 6.42 Å². The number of furan rings is 1. The van der Waals surface area contributed by atoms with E-state index in [1.807, 2.05) is 30.3 Å². The monoisotopic (exact) mass is 446 g/mol. The number of ketones is 1. The number of aromatic hydroxyl groups is 1. The Morgan fingerprint density at radius 3 is 2.52 bits per heavy atom. The number of hydrogen-bond donors (Lipinski definition) is 1. The maximum absolute atomic E-state index is 13.3. The third-order valence-corrected chi connectivity index (χ3v) is 5.50. The van der Waals surface area contributed by atoms with Crippen LogP contribution in [0.25, 0.3) is 22.1 Å². The van der Waals surface area contributed by atoms with Gasteiger partial charge in [0.25, 0.3) is 0 Å². The molecule has 0 aliphatic carbocycles. The topological polar surface area (TPSA) is 59.7 Å². The minimum atomic E-state index is -0.200. The number of allylic oxidation sites excluding steroid dienone is 1. The van der Waals surface area contributed by atoms with Gasteiger partial charge in [-0.25, -0.2) is 0 Å². The van der Waals surface area contributed by atoms with Crippen LogP contribution in [0.5, 0.6) is 11.5 Å². The van der Waals surface area contributed by atoms with Crippen LogP contribution in [0.3, 0.4) is 0 Å². The maximum atomic E-state index is 13.3.